The average molecular weight is 404 g/mol. The third-order valence-corrected chi connectivity index (χ3v) is 2.38. The summed E-state index contributed by atoms with van der Waals surface area (Å²) in [5.41, 5.74) is 4.29. The molecule has 25 heavy (non-hydrogen) atoms. The Balaban J connectivity index is -0.000000178. The quantitative estimate of drug-likeness (QED) is 0.389. The predicted octanol–water partition coefficient (Wildman–Crippen LogP) is -2.84. The van der Waals surface area contributed by atoms with Gasteiger partial charge in [-0.2, -0.15) is 0 Å². The molecule has 2 aromatic rings. The first-order valence-corrected chi connectivity index (χ1v) is 6.14. The fourth-order valence-electron chi connectivity index (χ4n) is 1.47. The zero-order valence-corrected chi connectivity index (χ0v) is 14.4. The number of aromatic nitrogens is 2. The Morgan fingerprint density at radius 2 is 1.16 bits per heavy atom. The first-order valence-electron chi connectivity index (χ1n) is 6.14. The molecule has 0 aromatic carbocycles. The van der Waals surface area contributed by atoms with Gasteiger partial charge in [0.25, 0.3) is 0 Å². The van der Waals surface area contributed by atoms with Crippen molar-refractivity contribution in [1.29, 1.82) is 0 Å². The van der Waals surface area contributed by atoms with Crippen molar-refractivity contribution in [3.05, 3.63) is 47.8 Å². The Kier molecular flexibility index (Phi) is 18.5. The van der Waals surface area contributed by atoms with Crippen molar-refractivity contribution in [3.8, 4) is 11.4 Å². The van der Waals surface area contributed by atoms with Crippen molar-refractivity contribution in [2.75, 3.05) is 0 Å². The van der Waals surface area contributed by atoms with Gasteiger partial charge in [-0.3, -0.25) is 9.97 Å². The summed E-state index contributed by atoms with van der Waals surface area (Å²) in [4.78, 5) is 27.1. The third kappa shape index (κ3) is 12.7. The summed E-state index contributed by atoms with van der Waals surface area (Å²) in [6, 6.07) is 8.06. The van der Waals surface area contributed by atoms with Crippen molar-refractivity contribution >= 4 is 11.9 Å². The summed E-state index contributed by atoms with van der Waals surface area (Å²) in [7, 11) is 0. The van der Waals surface area contributed by atoms with E-state index in [1.165, 1.54) is 11.1 Å². The minimum absolute atomic E-state index is 0. The first kappa shape index (κ1) is 30.5. The van der Waals surface area contributed by atoms with Gasteiger partial charge in [0.15, 0.2) is 0 Å². The second-order valence-corrected chi connectivity index (χ2v) is 4.36. The fraction of sp³-hybridized carbons (Fsp3) is 0.200. The SMILES string of the molecule is Cc1ccnc(-c2cc(C)ccn2)c1.O.O.O.O=C([O-])CC(=O)[O-].[Cu+2]. The van der Waals surface area contributed by atoms with Crippen LogP contribution in [0.15, 0.2) is 36.7 Å². The van der Waals surface area contributed by atoms with Crippen LogP contribution in [0.5, 0.6) is 0 Å². The van der Waals surface area contributed by atoms with Crippen molar-refractivity contribution in [3.63, 3.8) is 0 Å². The molecule has 0 bridgehead atoms. The Morgan fingerprint density at radius 3 is 1.36 bits per heavy atom. The molecule has 10 heteroatoms. The molecule has 2 heterocycles. The van der Waals surface area contributed by atoms with E-state index in [-0.39, 0.29) is 33.5 Å². The van der Waals surface area contributed by atoms with Gasteiger partial charge in [-0.05, 0) is 49.2 Å². The molecule has 0 fully saturated rings. The van der Waals surface area contributed by atoms with Gasteiger partial charge >= 0.3 is 17.1 Å². The monoisotopic (exact) mass is 403 g/mol. The zero-order valence-electron chi connectivity index (χ0n) is 13.5. The number of rotatable bonds is 3. The van der Waals surface area contributed by atoms with Crippen LogP contribution in [-0.2, 0) is 26.7 Å². The standard InChI is InChI=1S/C12H12N2.C3H4O4.Cu.3H2O/c1-9-3-5-13-11(7-9)12-8-10(2)4-6-14-12;4-2(5)1-3(6)7;;;;/h3-8H,1-2H3;1H2,(H,4,5)(H,6,7);;3*1H2/q;;+2;;;/p-2. The van der Waals surface area contributed by atoms with Crippen LogP contribution in [0.3, 0.4) is 0 Å². The van der Waals surface area contributed by atoms with E-state index in [2.05, 4.69) is 23.8 Å². The van der Waals surface area contributed by atoms with E-state index in [0.717, 1.165) is 11.4 Å². The van der Waals surface area contributed by atoms with E-state index in [1.807, 2.05) is 36.7 Å². The van der Waals surface area contributed by atoms with Gasteiger partial charge in [0, 0.05) is 30.8 Å². The smallest absolute Gasteiger partial charge is 0.550 e. The van der Waals surface area contributed by atoms with E-state index in [4.69, 9.17) is 0 Å². The van der Waals surface area contributed by atoms with Crippen molar-refractivity contribution in [2.24, 2.45) is 0 Å². The molecule has 0 spiro atoms. The second kappa shape index (κ2) is 15.2. The molecule has 1 radical (unpaired) electrons. The molecule has 0 aliphatic rings. The van der Waals surface area contributed by atoms with Gasteiger partial charge in [0.1, 0.15) is 0 Å². The molecule has 0 aliphatic carbocycles. The van der Waals surface area contributed by atoms with Gasteiger partial charge in [-0.25, -0.2) is 0 Å². The molecule has 0 saturated carbocycles. The summed E-state index contributed by atoms with van der Waals surface area (Å²) in [6.45, 7) is 4.11. The molecular weight excluding hydrogens is 384 g/mol. The molecule has 0 aliphatic heterocycles. The number of nitrogens with zero attached hydrogens (tertiary/aromatic N) is 2. The van der Waals surface area contributed by atoms with Crippen molar-refractivity contribution in [2.45, 2.75) is 20.3 Å². The van der Waals surface area contributed by atoms with Gasteiger partial charge < -0.3 is 36.2 Å². The number of carbonyl (C=O) groups excluding carboxylic acids is 2. The van der Waals surface area contributed by atoms with Crippen LogP contribution in [0.4, 0.5) is 0 Å². The molecule has 143 valence electrons. The minimum Gasteiger partial charge on any atom is -0.550 e. The van der Waals surface area contributed by atoms with Gasteiger partial charge in [-0.15, -0.1) is 0 Å². The number of hydrogen-bond donors (Lipinski definition) is 0. The number of carboxylic acid groups (broad SMARTS) is 2. The average Bonchev–Trinajstić information content (AvgIpc) is 2.38. The summed E-state index contributed by atoms with van der Waals surface area (Å²) in [6.07, 6.45) is 2.60. The van der Waals surface area contributed by atoms with Crippen molar-refractivity contribution < 1.29 is 53.3 Å². The van der Waals surface area contributed by atoms with Gasteiger partial charge in [0.05, 0.1) is 11.4 Å². The summed E-state index contributed by atoms with van der Waals surface area (Å²) in [5, 5.41) is 18.6. The molecule has 0 saturated heterocycles. The second-order valence-electron chi connectivity index (χ2n) is 4.36. The van der Waals surface area contributed by atoms with Crippen LogP contribution in [0, 0.1) is 13.8 Å². The molecule has 2 aromatic heterocycles. The maximum atomic E-state index is 9.28. The van der Waals surface area contributed by atoms with E-state index in [0.29, 0.717) is 0 Å². The molecule has 6 N–H and O–H groups in total. The number of carbonyl (C=O) groups is 2. The normalized spacial score (nSPS) is 7.92. The maximum Gasteiger partial charge on any atom is 2.00 e. The molecule has 0 unspecified atom stereocenters. The number of pyridine rings is 2. The van der Waals surface area contributed by atoms with Gasteiger partial charge in [-0.1, -0.05) is 0 Å². The number of aryl methyl sites for hydroxylation is 2. The van der Waals surface area contributed by atoms with Gasteiger partial charge in [0.2, 0.25) is 0 Å². The zero-order chi connectivity index (χ0) is 15.8. The molecular formula is C15H20CuN2O7. The predicted molar refractivity (Wildman–Crippen MR) is 82.4 cm³/mol. The Morgan fingerprint density at radius 1 is 0.840 bits per heavy atom. The summed E-state index contributed by atoms with van der Waals surface area (Å²) >= 11 is 0. The Labute approximate surface area is 155 Å². The fourth-order valence-corrected chi connectivity index (χ4v) is 1.47. The third-order valence-electron chi connectivity index (χ3n) is 2.38. The van der Waals surface area contributed by atoms with Crippen LogP contribution < -0.4 is 10.2 Å². The van der Waals surface area contributed by atoms with E-state index in [9.17, 15) is 19.8 Å². The molecule has 2 rings (SSSR count). The summed E-state index contributed by atoms with van der Waals surface area (Å²) < 4.78 is 0. The van der Waals surface area contributed by atoms with E-state index < -0.39 is 18.4 Å². The van der Waals surface area contributed by atoms with Crippen LogP contribution >= 0.6 is 0 Å². The Bertz CT molecular complexity index is 598. The molecule has 0 amide bonds. The first-order chi connectivity index (χ1) is 9.88. The van der Waals surface area contributed by atoms with Crippen LogP contribution in [-0.4, -0.2) is 38.3 Å². The van der Waals surface area contributed by atoms with Crippen molar-refractivity contribution in [1.82, 2.24) is 9.97 Å². The largest absolute Gasteiger partial charge is 2.00 e. The van der Waals surface area contributed by atoms with E-state index in [1.54, 1.807) is 0 Å². The maximum absolute atomic E-state index is 9.28. The summed E-state index contributed by atoms with van der Waals surface area (Å²) in [5.74, 6) is -3.25. The van der Waals surface area contributed by atoms with Crippen LogP contribution in [0.1, 0.15) is 17.5 Å². The molecule has 9 nitrogen and oxygen atoms in total. The van der Waals surface area contributed by atoms with Crippen LogP contribution in [0.2, 0.25) is 0 Å². The van der Waals surface area contributed by atoms with E-state index >= 15 is 0 Å². The molecule has 0 atom stereocenters. The minimum atomic E-state index is -1.63. The van der Waals surface area contributed by atoms with Crippen LogP contribution in [0.25, 0.3) is 11.4 Å². The topological polar surface area (TPSA) is 201 Å². The number of aliphatic carboxylic acids is 2. The number of carboxylic acids is 2. The number of hydrogen-bond acceptors (Lipinski definition) is 6. The Hall–Kier alpha value is -2.36.